The second-order valence-electron chi connectivity index (χ2n) is 4.88. The van der Waals surface area contributed by atoms with E-state index in [-0.39, 0.29) is 11.5 Å². The van der Waals surface area contributed by atoms with Gasteiger partial charge in [-0.2, -0.15) is 0 Å². The van der Waals surface area contributed by atoms with Gasteiger partial charge in [0.05, 0.1) is 4.92 Å². The van der Waals surface area contributed by atoms with E-state index in [0.717, 1.165) is 21.9 Å². The van der Waals surface area contributed by atoms with Gasteiger partial charge >= 0.3 is 0 Å². The first-order valence-electron chi connectivity index (χ1n) is 6.38. The van der Waals surface area contributed by atoms with E-state index in [4.69, 9.17) is 0 Å². The Morgan fingerprint density at radius 2 is 1.86 bits per heavy atom. The number of ketones is 1. The van der Waals surface area contributed by atoms with Gasteiger partial charge in [0.25, 0.3) is 5.69 Å². The lowest BCUT2D eigenvalue weighted by Gasteiger charge is -2.18. The molecular formula is C16H8N2O3. The van der Waals surface area contributed by atoms with Gasteiger partial charge in [-0.3, -0.25) is 19.9 Å². The molecule has 0 N–H and O–H groups in total. The van der Waals surface area contributed by atoms with Crippen molar-refractivity contribution >= 4 is 22.2 Å². The van der Waals surface area contributed by atoms with Crippen molar-refractivity contribution < 1.29 is 9.72 Å². The minimum absolute atomic E-state index is 0.0892. The van der Waals surface area contributed by atoms with E-state index in [2.05, 4.69) is 4.98 Å². The molecule has 1 aliphatic rings. The zero-order valence-corrected chi connectivity index (χ0v) is 10.7. The fraction of sp³-hybridized carbons (Fsp3) is 0. The quantitative estimate of drug-likeness (QED) is 0.394. The lowest BCUT2D eigenvalue weighted by Crippen LogP contribution is -2.12. The Morgan fingerprint density at radius 3 is 2.67 bits per heavy atom. The average molecular weight is 276 g/mol. The molecule has 0 atom stereocenters. The van der Waals surface area contributed by atoms with Crippen molar-refractivity contribution in [1.29, 1.82) is 0 Å². The Kier molecular flexibility index (Phi) is 2.21. The van der Waals surface area contributed by atoms with Crippen molar-refractivity contribution in [3.8, 4) is 11.1 Å². The minimum atomic E-state index is -0.498. The van der Waals surface area contributed by atoms with Crippen molar-refractivity contribution in [1.82, 2.24) is 4.98 Å². The number of benzene rings is 2. The largest absolute Gasteiger partial charge is 0.287 e. The van der Waals surface area contributed by atoms with Crippen LogP contribution in [0, 0.1) is 10.1 Å². The van der Waals surface area contributed by atoms with Gasteiger partial charge in [0.1, 0.15) is 5.69 Å². The Bertz CT molecular complexity index is 942. The van der Waals surface area contributed by atoms with Crippen molar-refractivity contribution in [2.45, 2.75) is 0 Å². The zero-order valence-electron chi connectivity index (χ0n) is 10.7. The van der Waals surface area contributed by atoms with Crippen LogP contribution in [0.15, 0.2) is 48.7 Å². The summed E-state index contributed by atoms with van der Waals surface area (Å²) in [6.45, 7) is 0. The smallest absolute Gasteiger partial charge is 0.270 e. The van der Waals surface area contributed by atoms with E-state index in [1.165, 1.54) is 12.1 Å². The van der Waals surface area contributed by atoms with Gasteiger partial charge in [-0.25, -0.2) is 0 Å². The van der Waals surface area contributed by atoms with Gasteiger partial charge in [-0.05, 0) is 28.6 Å². The SMILES string of the molecule is O=C1c2cc([N+](=O)[O-])ccc2-c2cccc3ccnc1c23. The van der Waals surface area contributed by atoms with Gasteiger partial charge < -0.3 is 0 Å². The Labute approximate surface area is 119 Å². The number of carbonyl (C=O) groups is 1. The van der Waals surface area contributed by atoms with Crippen LogP contribution in [0.4, 0.5) is 5.69 Å². The van der Waals surface area contributed by atoms with E-state index in [9.17, 15) is 14.9 Å². The molecule has 5 nitrogen and oxygen atoms in total. The minimum Gasteiger partial charge on any atom is -0.287 e. The van der Waals surface area contributed by atoms with E-state index in [0.29, 0.717) is 11.3 Å². The summed E-state index contributed by atoms with van der Waals surface area (Å²) in [7, 11) is 0. The van der Waals surface area contributed by atoms with Gasteiger partial charge in [0, 0.05) is 29.3 Å². The lowest BCUT2D eigenvalue weighted by atomic mass is 9.85. The maximum Gasteiger partial charge on any atom is 0.270 e. The van der Waals surface area contributed by atoms with Crippen LogP contribution in [-0.2, 0) is 0 Å². The average Bonchev–Trinajstić information content (AvgIpc) is 2.51. The molecule has 4 rings (SSSR count). The molecule has 1 aromatic heterocycles. The van der Waals surface area contributed by atoms with Crippen molar-refractivity contribution in [2.75, 3.05) is 0 Å². The van der Waals surface area contributed by atoms with Gasteiger partial charge in [-0.1, -0.05) is 18.2 Å². The molecule has 3 aromatic rings. The predicted molar refractivity (Wildman–Crippen MR) is 77.3 cm³/mol. The first-order chi connectivity index (χ1) is 10.2. The number of aromatic nitrogens is 1. The summed E-state index contributed by atoms with van der Waals surface area (Å²) < 4.78 is 0. The fourth-order valence-corrected chi connectivity index (χ4v) is 2.82. The van der Waals surface area contributed by atoms with Crippen LogP contribution in [0.5, 0.6) is 0 Å². The Hall–Kier alpha value is -3.08. The first-order valence-corrected chi connectivity index (χ1v) is 6.38. The second kappa shape index (κ2) is 3.96. The number of hydrogen-bond acceptors (Lipinski definition) is 4. The summed E-state index contributed by atoms with van der Waals surface area (Å²) in [6.07, 6.45) is 1.59. The number of carbonyl (C=O) groups excluding carboxylic acids is 1. The number of nitro groups is 1. The molecule has 0 spiro atoms. The van der Waals surface area contributed by atoms with E-state index < -0.39 is 4.92 Å². The summed E-state index contributed by atoms with van der Waals surface area (Å²) in [6, 6.07) is 12.0. The molecule has 1 aliphatic carbocycles. The number of hydrogen-bond donors (Lipinski definition) is 0. The van der Waals surface area contributed by atoms with Gasteiger partial charge in [0.15, 0.2) is 0 Å². The molecule has 100 valence electrons. The molecule has 0 amide bonds. The third-order valence-electron chi connectivity index (χ3n) is 3.76. The molecular weight excluding hydrogens is 268 g/mol. The zero-order chi connectivity index (χ0) is 14.6. The number of fused-ring (bicyclic) bond motifs is 2. The topological polar surface area (TPSA) is 73.1 Å². The maximum absolute atomic E-state index is 12.6. The van der Waals surface area contributed by atoms with Crippen molar-refractivity contribution in [2.24, 2.45) is 0 Å². The van der Waals surface area contributed by atoms with Crippen LogP contribution in [0.3, 0.4) is 0 Å². The van der Waals surface area contributed by atoms with Crippen LogP contribution >= 0.6 is 0 Å². The fourth-order valence-electron chi connectivity index (χ4n) is 2.82. The monoisotopic (exact) mass is 276 g/mol. The normalized spacial score (nSPS) is 12.3. The van der Waals surface area contributed by atoms with Crippen LogP contribution in [-0.4, -0.2) is 15.7 Å². The third-order valence-corrected chi connectivity index (χ3v) is 3.76. The molecule has 0 saturated heterocycles. The lowest BCUT2D eigenvalue weighted by molar-refractivity contribution is -0.384. The summed E-state index contributed by atoms with van der Waals surface area (Å²) in [4.78, 5) is 27.2. The molecule has 5 heteroatoms. The molecule has 0 aliphatic heterocycles. The Morgan fingerprint density at radius 1 is 1.00 bits per heavy atom. The Balaban J connectivity index is 2.14. The third kappa shape index (κ3) is 1.51. The maximum atomic E-state index is 12.6. The molecule has 0 bridgehead atoms. The molecule has 0 radical (unpaired) electrons. The summed E-state index contributed by atoms with van der Waals surface area (Å²) in [5, 5.41) is 12.7. The molecule has 0 fully saturated rings. The molecule has 2 aromatic carbocycles. The standard InChI is InChI=1S/C16H8N2O3/c19-16-13-8-10(18(20)21)4-5-11(13)12-3-1-2-9-6-7-17-15(16)14(9)12/h1-8H. The highest BCUT2D eigenvalue weighted by Crippen LogP contribution is 2.39. The molecule has 0 saturated carbocycles. The number of nitrogens with zero attached hydrogens (tertiary/aromatic N) is 2. The van der Waals surface area contributed by atoms with Crippen LogP contribution in [0.25, 0.3) is 21.9 Å². The van der Waals surface area contributed by atoms with Gasteiger partial charge in [0.2, 0.25) is 5.78 Å². The summed E-state index contributed by atoms with van der Waals surface area (Å²) in [5.74, 6) is -0.266. The molecule has 1 heterocycles. The first kappa shape index (κ1) is 11.7. The van der Waals surface area contributed by atoms with Crippen LogP contribution < -0.4 is 0 Å². The highest BCUT2D eigenvalue weighted by Gasteiger charge is 2.27. The molecule has 21 heavy (non-hydrogen) atoms. The second-order valence-corrected chi connectivity index (χ2v) is 4.88. The van der Waals surface area contributed by atoms with Crippen LogP contribution in [0.1, 0.15) is 16.1 Å². The van der Waals surface area contributed by atoms with E-state index in [1.54, 1.807) is 12.3 Å². The highest BCUT2D eigenvalue weighted by atomic mass is 16.6. The predicted octanol–water partition coefficient (Wildman–Crippen LogP) is 3.35. The summed E-state index contributed by atoms with van der Waals surface area (Å²) >= 11 is 0. The summed E-state index contributed by atoms with van der Waals surface area (Å²) in [5.41, 5.74) is 2.21. The van der Waals surface area contributed by atoms with E-state index in [1.807, 2.05) is 24.3 Å². The number of non-ortho nitro benzene ring substituents is 1. The van der Waals surface area contributed by atoms with Crippen LogP contribution in [0.2, 0.25) is 0 Å². The van der Waals surface area contributed by atoms with E-state index >= 15 is 0 Å². The van der Waals surface area contributed by atoms with Crippen molar-refractivity contribution in [3.05, 3.63) is 70.0 Å². The van der Waals surface area contributed by atoms with Gasteiger partial charge in [-0.15, -0.1) is 0 Å². The highest BCUT2D eigenvalue weighted by molar-refractivity contribution is 6.24. The number of pyridine rings is 1. The van der Waals surface area contributed by atoms with Crippen molar-refractivity contribution in [3.63, 3.8) is 0 Å². The number of nitro benzene ring substituents is 1. The number of rotatable bonds is 1. The molecule has 0 unspecified atom stereocenters.